The van der Waals surface area contributed by atoms with Gasteiger partial charge in [0.05, 0.1) is 0 Å². The number of halogens is 1. The number of hydrogen-bond donors (Lipinski definition) is 2. The van der Waals surface area contributed by atoms with Crippen molar-refractivity contribution in [3.05, 3.63) is 60.2 Å². The average molecular weight is 273 g/mol. The first-order valence-corrected chi connectivity index (χ1v) is 6.17. The second kappa shape index (κ2) is 5.57. The minimum absolute atomic E-state index is 0. The van der Waals surface area contributed by atoms with Gasteiger partial charge in [0, 0.05) is 12.6 Å². The molecule has 0 aliphatic rings. The maximum Gasteiger partial charge on any atom is 0.0425 e. The summed E-state index contributed by atoms with van der Waals surface area (Å²) in [4.78, 5) is 0. The summed E-state index contributed by atoms with van der Waals surface area (Å²) in [6.45, 7) is 0.461. The van der Waals surface area contributed by atoms with Gasteiger partial charge in [-0.15, -0.1) is 12.4 Å². The highest BCUT2D eigenvalue weighted by Crippen LogP contribution is 2.30. The summed E-state index contributed by atoms with van der Waals surface area (Å²) in [5.74, 6) is 0. The van der Waals surface area contributed by atoms with Crippen molar-refractivity contribution in [2.24, 2.45) is 11.5 Å². The lowest BCUT2D eigenvalue weighted by atomic mass is 9.94. The van der Waals surface area contributed by atoms with Gasteiger partial charge in [-0.25, -0.2) is 0 Å². The number of fused-ring (bicyclic) bond motifs is 3. The van der Waals surface area contributed by atoms with Crippen molar-refractivity contribution in [2.75, 3.05) is 6.54 Å². The van der Waals surface area contributed by atoms with E-state index in [9.17, 15) is 0 Å². The van der Waals surface area contributed by atoms with Crippen LogP contribution in [0.4, 0.5) is 0 Å². The Bertz CT molecular complexity index is 709. The van der Waals surface area contributed by atoms with Crippen molar-refractivity contribution < 1.29 is 0 Å². The predicted octanol–water partition coefficient (Wildman–Crippen LogP) is 3.37. The third-order valence-electron chi connectivity index (χ3n) is 3.45. The van der Waals surface area contributed by atoms with E-state index in [2.05, 4.69) is 48.5 Å². The molecular formula is C16H17ClN2. The molecule has 4 N–H and O–H groups in total. The normalized spacial score (nSPS) is 12.3. The van der Waals surface area contributed by atoms with E-state index in [1.807, 2.05) is 6.07 Å². The third-order valence-corrected chi connectivity index (χ3v) is 3.45. The lowest BCUT2D eigenvalue weighted by Gasteiger charge is -2.15. The fourth-order valence-corrected chi connectivity index (χ4v) is 2.52. The van der Waals surface area contributed by atoms with Crippen molar-refractivity contribution in [1.82, 2.24) is 0 Å². The van der Waals surface area contributed by atoms with Crippen LogP contribution in [0.3, 0.4) is 0 Å². The second-order valence-electron chi connectivity index (χ2n) is 4.57. The van der Waals surface area contributed by atoms with Gasteiger partial charge in [-0.05, 0) is 33.2 Å². The summed E-state index contributed by atoms with van der Waals surface area (Å²) in [6.07, 6.45) is 0. The van der Waals surface area contributed by atoms with Gasteiger partial charge in [-0.3, -0.25) is 0 Å². The molecule has 0 amide bonds. The van der Waals surface area contributed by atoms with Crippen LogP contribution in [0.5, 0.6) is 0 Å². The van der Waals surface area contributed by atoms with E-state index in [4.69, 9.17) is 11.5 Å². The Morgan fingerprint density at radius 3 is 2.11 bits per heavy atom. The van der Waals surface area contributed by atoms with Crippen LogP contribution in [0.25, 0.3) is 21.5 Å². The summed E-state index contributed by atoms with van der Waals surface area (Å²) in [6, 6.07) is 18.8. The van der Waals surface area contributed by atoms with Gasteiger partial charge in [-0.2, -0.15) is 0 Å². The number of hydrogen-bond acceptors (Lipinski definition) is 2. The number of benzene rings is 3. The molecular weight excluding hydrogens is 256 g/mol. The maximum absolute atomic E-state index is 6.13. The van der Waals surface area contributed by atoms with Gasteiger partial charge < -0.3 is 11.5 Å². The molecule has 0 spiro atoms. The summed E-state index contributed by atoms with van der Waals surface area (Å²) in [7, 11) is 0. The van der Waals surface area contributed by atoms with E-state index in [-0.39, 0.29) is 18.4 Å². The molecule has 3 heteroatoms. The largest absolute Gasteiger partial charge is 0.329 e. The zero-order valence-corrected chi connectivity index (χ0v) is 11.4. The molecule has 3 rings (SSSR count). The zero-order valence-electron chi connectivity index (χ0n) is 10.5. The lowest BCUT2D eigenvalue weighted by Crippen LogP contribution is -2.21. The van der Waals surface area contributed by atoms with E-state index in [1.54, 1.807) is 0 Å². The van der Waals surface area contributed by atoms with Crippen LogP contribution in [0.1, 0.15) is 11.6 Å². The summed E-state index contributed by atoms with van der Waals surface area (Å²) in [5, 5.41) is 4.93. The van der Waals surface area contributed by atoms with Crippen LogP contribution in [0.2, 0.25) is 0 Å². The Balaban J connectivity index is 0.00000133. The maximum atomic E-state index is 6.13. The number of rotatable bonds is 2. The molecule has 0 aromatic heterocycles. The Kier molecular flexibility index (Phi) is 4.05. The summed E-state index contributed by atoms with van der Waals surface area (Å²) >= 11 is 0. The quantitative estimate of drug-likeness (QED) is 0.703. The molecule has 0 heterocycles. The Labute approximate surface area is 118 Å². The smallest absolute Gasteiger partial charge is 0.0425 e. The summed E-state index contributed by atoms with van der Waals surface area (Å²) < 4.78 is 0. The highest BCUT2D eigenvalue weighted by Gasteiger charge is 2.10. The first kappa shape index (κ1) is 13.8. The minimum Gasteiger partial charge on any atom is -0.329 e. The van der Waals surface area contributed by atoms with Gasteiger partial charge >= 0.3 is 0 Å². The first-order chi connectivity index (χ1) is 8.81. The Hall–Kier alpha value is -1.61. The minimum atomic E-state index is -0.112. The van der Waals surface area contributed by atoms with Gasteiger partial charge in [0.2, 0.25) is 0 Å². The van der Waals surface area contributed by atoms with E-state index in [0.717, 1.165) is 5.56 Å². The van der Waals surface area contributed by atoms with Crippen molar-refractivity contribution in [1.29, 1.82) is 0 Å². The molecule has 3 aromatic carbocycles. The van der Waals surface area contributed by atoms with Crippen molar-refractivity contribution >= 4 is 34.0 Å². The van der Waals surface area contributed by atoms with Crippen LogP contribution < -0.4 is 11.5 Å². The average Bonchev–Trinajstić information content (AvgIpc) is 2.45. The van der Waals surface area contributed by atoms with Crippen molar-refractivity contribution in [2.45, 2.75) is 6.04 Å². The standard InChI is InChI=1S/C16H16N2.ClH/c17-10-16(18)15-9-11-5-1-2-6-12(11)13-7-3-4-8-14(13)15;/h1-9,16H,10,17-18H2;1H/t16-;/m1./s1. The Morgan fingerprint density at radius 1 is 0.842 bits per heavy atom. The Morgan fingerprint density at radius 2 is 1.42 bits per heavy atom. The first-order valence-electron chi connectivity index (χ1n) is 6.17. The molecule has 3 aromatic rings. The lowest BCUT2D eigenvalue weighted by molar-refractivity contribution is 0.744. The fraction of sp³-hybridized carbons (Fsp3) is 0.125. The summed E-state index contributed by atoms with van der Waals surface area (Å²) in [5.41, 5.74) is 13.0. The molecule has 98 valence electrons. The molecule has 1 atom stereocenters. The molecule has 0 fully saturated rings. The number of nitrogens with two attached hydrogens (primary N) is 2. The van der Waals surface area contributed by atoms with E-state index >= 15 is 0 Å². The molecule has 0 saturated heterocycles. The monoisotopic (exact) mass is 272 g/mol. The molecule has 19 heavy (non-hydrogen) atoms. The molecule has 0 aliphatic heterocycles. The van der Waals surface area contributed by atoms with Gasteiger partial charge in [0.1, 0.15) is 0 Å². The molecule has 0 unspecified atom stereocenters. The molecule has 0 bridgehead atoms. The topological polar surface area (TPSA) is 52.0 Å². The van der Waals surface area contributed by atoms with Crippen LogP contribution in [-0.4, -0.2) is 6.54 Å². The molecule has 0 radical (unpaired) electrons. The molecule has 0 saturated carbocycles. The fourth-order valence-electron chi connectivity index (χ4n) is 2.52. The van der Waals surface area contributed by atoms with Gasteiger partial charge in [0.15, 0.2) is 0 Å². The van der Waals surface area contributed by atoms with Crippen LogP contribution in [-0.2, 0) is 0 Å². The SMILES string of the molecule is Cl.NC[C@@H](N)c1cc2ccccc2c2ccccc12. The van der Waals surface area contributed by atoms with Gasteiger partial charge in [-0.1, -0.05) is 48.5 Å². The van der Waals surface area contributed by atoms with Crippen LogP contribution in [0.15, 0.2) is 54.6 Å². The predicted molar refractivity (Wildman–Crippen MR) is 84.7 cm³/mol. The van der Waals surface area contributed by atoms with Crippen molar-refractivity contribution in [3.63, 3.8) is 0 Å². The van der Waals surface area contributed by atoms with E-state index in [1.165, 1.54) is 21.5 Å². The molecule has 0 aliphatic carbocycles. The van der Waals surface area contributed by atoms with E-state index < -0.39 is 0 Å². The second-order valence-corrected chi connectivity index (χ2v) is 4.57. The highest BCUT2D eigenvalue weighted by atomic mass is 35.5. The van der Waals surface area contributed by atoms with Crippen LogP contribution in [0, 0.1) is 0 Å². The highest BCUT2D eigenvalue weighted by molar-refractivity contribution is 6.09. The van der Waals surface area contributed by atoms with Crippen LogP contribution >= 0.6 is 12.4 Å². The van der Waals surface area contributed by atoms with E-state index in [0.29, 0.717) is 6.54 Å². The third kappa shape index (κ3) is 2.30. The molecule has 2 nitrogen and oxygen atoms in total. The van der Waals surface area contributed by atoms with Crippen molar-refractivity contribution in [3.8, 4) is 0 Å². The zero-order chi connectivity index (χ0) is 12.5. The van der Waals surface area contributed by atoms with Gasteiger partial charge in [0.25, 0.3) is 0 Å².